The minimum atomic E-state index is -0.361. The van der Waals surface area contributed by atoms with Crippen molar-refractivity contribution in [1.82, 2.24) is 10.6 Å². The Hall–Kier alpha value is 0.410. The summed E-state index contributed by atoms with van der Waals surface area (Å²) in [6.07, 6.45) is 4.95. The van der Waals surface area contributed by atoms with Crippen LogP contribution in [0.1, 0.15) is 110 Å². The Labute approximate surface area is 377 Å². The van der Waals surface area contributed by atoms with Crippen molar-refractivity contribution in [1.29, 1.82) is 0 Å². The van der Waals surface area contributed by atoms with Crippen LogP contribution in [0.5, 0.6) is 0 Å². The van der Waals surface area contributed by atoms with Gasteiger partial charge in [-0.1, -0.05) is 108 Å². The summed E-state index contributed by atoms with van der Waals surface area (Å²) in [5.41, 5.74) is 2.59. The summed E-state index contributed by atoms with van der Waals surface area (Å²) in [4.78, 5) is 46.7. The fraction of sp³-hybridized carbons (Fsp3) is 0.647. The fourth-order valence-corrected chi connectivity index (χ4v) is 3.09. The average Bonchev–Trinajstić information content (AvgIpc) is 2.85. The zero-order valence-electron chi connectivity index (χ0n) is 24.0. The minimum Gasteiger partial charge on any atom is -0.648 e. The first-order valence-electron chi connectivity index (χ1n) is 12.4. The van der Waals surface area contributed by atoms with Crippen molar-refractivity contribution in [2.75, 3.05) is 33.4 Å². The van der Waals surface area contributed by atoms with Crippen molar-refractivity contribution in [2.24, 2.45) is 5.92 Å². The Bertz CT molecular complexity index is 882. The summed E-state index contributed by atoms with van der Waals surface area (Å²) in [5, 5.41) is 13.5. The van der Waals surface area contributed by atoms with Crippen molar-refractivity contribution in [2.45, 2.75) is 111 Å². The van der Waals surface area contributed by atoms with Gasteiger partial charge in [0.2, 0.25) is 0 Å². The van der Waals surface area contributed by atoms with E-state index in [1.54, 1.807) is 20.0 Å². The maximum absolute atomic E-state index is 12.0. The molecule has 0 heterocycles. The van der Waals surface area contributed by atoms with E-state index in [2.05, 4.69) is 21.3 Å². The van der Waals surface area contributed by atoms with Gasteiger partial charge in [0.1, 0.15) is 5.78 Å². The normalized spacial score (nSPS) is 9.56. The van der Waals surface area contributed by atoms with Crippen molar-refractivity contribution < 1.29 is 140 Å². The Morgan fingerprint density at radius 2 is 1.40 bits per heavy atom. The van der Waals surface area contributed by atoms with Crippen LogP contribution in [0.4, 0.5) is 4.79 Å². The second kappa shape index (κ2) is 42.4. The topological polar surface area (TPSA) is 130 Å². The maximum Gasteiger partial charge on any atom is 1.00 e. The molecule has 1 aromatic rings. The Kier molecular flexibility index (Phi) is 63.7. The largest absolute Gasteiger partial charge is 1.00 e. The van der Waals surface area contributed by atoms with Gasteiger partial charge in [0.25, 0.3) is 0 Å². The molecular weight excluding hydrogens is 715 g/mol. The first-order chi connectivity index (χ1) is 17.2. The Morgan fingerprint density at radius 3 is 1.93 bits per heavy atom. The molecule has 1 aromatic carbocycles. The molecule has 0 aliphatic rings. The quantitative estimate of drug-likeness (QED) is 0.174. The van der Waals surface area contributed by atoms with Crippen LogP contribution in [-0.2, 0) is 32.1 Å². The summed E-state index contributed by atoms with van der Waals surface area (Å²) in [6.45, 7) is 6.64. The second-order valence-corrected chi connectivity index (χ2v) is 8.77. The molecule has 0 fully saturated rings. The number of ether oxygens (including phenoxy) is 1. The summed E-state index contributed by atoms with van der Waals surface area (Å²) in [7, 11) is 1.77. The van der Waals surface area contributed by atoms with E-state index in [0.29, 0.717) is 32.5 Å². The summed E-state index contributed by atoms with van der Waals surface area (Å²) >= 11 is 0. The van der Waals surface area contributed by atoms with Crippen LogP contribution in [0.3, 0.4) is 0 Å². The number of carbonyl (C=O) groups excluding carboxylic acids is 4. The fourth-order valence-electron chi connectivity index (χ4n) is 3.09. The van der Waals surface area contributed by atoms with Gasteiger partial charge in [0.15, 0.2) is 11.8 Å². The van der Waals surface area contributed by atoms with Gasteiger partial charge in [-0.2, -0.15) is 0 Å². The van der Waals surface area contributed by atoms with Gasteiger partial charge >= 0.3 is 116 Å². The molecule has 0 radical (unpaired) electrons. The maximum atomic E-state index is 12.0. The summed E-state index contributed by atoms with van der Waals surface area (Å²) in [5.74, 6) is -0.0747. The van der Waals surface area contributed by atoms with E-state index in [9.17, 15) is 19.2 Å². The van der Waals surface area contributed by atoms with Crippen LogP contribution >= 0.6 is 0 Å². The molecule has 0 saturated carbocycles. The molecule has 1 unspecified atom stereocenters. The zero-order chi connectivity index (χ0) is 26.8. The van der Waals surface area contributed by atoms with Crippen LogP contribution in [0.15, 0.2) is 36.0 Å². The number of unbranched alkanes of at least 4 members (excludes halogenated alkanes) is 1. The minimum absolute atomic E-state index is 0. The predicted molar refractivity (Wildman–Crippen MR) is 188 cm³/mol. The monoisotopic (exact) mass is 782 g/mol. The van der Waals surface area contributed by atoms with Gasteiger partial charge in [-0.25, -0.2) is 0 Å². The molecule has 45 heavy (non-hydrogen) atoms. The number of rotatable bonds is 18. The number of carbonyl (C=O) groups is 4. The molecule has 2 N–H and O–H groups in total. The number of allylic oxidation sites excluding steroid dienone is 2. The van der Waals surface area contributed by atoms with E-state index in [0.717, 1.165) is 36.1 Å². The molecule has 11 heteroatoms. The van der Waals surface area contributed by atoms with Crippen molar-refractivity contribution in [3.05, 3.63) is 57.8 Å². The summed E-state index contributed by atoms with van der Waals surface area (Å²) in [6, 6.07) is 7.07. The van der Waals surface area contributed by atoms with Crippen LogP contribution in [0.25, 0.3) is 10.6 Å². The molecule has 256 valence electrons. The third kappa shape index (κ3) is 37.1. The van der Waals surface area contributed by atoms with Crippen LogP contribution in [0, 0.1) is 5.92 Å². The molecule has 1 atom stereocenters. The van der Waals surface area contributed by atoms with E-state index in [4.69, 9.17) is 4.74 Å². The molecule has 0 bridgehead atoms. The van der Waals surface area contributed by atoms with E-state index in [1.807, 2.05) is 38.1 Å². The molecule has 0 spiro atoms. The van der Waals surface area contributed by atoms with E-state index in [-0.39, 0.29) is 211 Å². The van der Waals surface area contributed by atoms with Gasteiger partial charge in [-0.15, -0.1) is 6.54 Å². The molecule has 9 nitrogen and oxygen atoms in total. The number of urea groups is 1. The number of Topliss-reactive ketones (excluding diaryl/α,β-unsaturated/α-hetero) is 1. The molecule has 1 rings (SSSR count). The van der Waals surface area contributed by atoms with Gasteiger partial charge in [0.05, 0.1) is 12.5 Å². The number of nitrogens with one attached hydrogen (secondary N) is 2. The molecule has 0 aliphatic heterocycles. The van der Waals surface area contributed by atoms with Crippen LogP contribution < -0.4 is 127 Å². The number of ketones is 2. The van der Waals surface area contributed by atoms with Crippen LogP contribution in [-0.4, -0.2) is 56.9 Å². The van der Waals surface area contributed by atoms with E-state index >= 15 is 0 Å². The number of benzene rings is 1. The first kappa shape index (κ1) is 67.6. The molecule has 0 saturated heterocycles. The number of hydrogen-bond acceptors (Lipinski definition) is 6. The number of nitrogens with zero attached hydrogens (tertiary/aromatic N) is 2. The van der Waals surface area contributed by atoms with Crippen molar-refractivity contribution in [3.63, 3.8) is 0 Å². The number of hydrogen-bond donors (Lipinski definition) is 2. The van der Waals surface area contributed by atoms with Gasteiger partial charge in [-0.05, 0) is 38.8 Å². The SMILES string of the molecule is C.C.C.C.C.C.C.CN/C(C)=C\C(=O)Cc1ccc(C[N-]C(=O)COCCC[N-]C(=O)NCCCCC(C)C(C)=O)cc1.[Rb+].[Rb+]. The first-order valence-corrected chi connectivity index (χ1v) is 12.4. The molecular formula is C34H68N4O5Rb2. The molecule has 3 amide bonds. The average molecular weight is 784 g/mol. The zero-order valence-corrected chi connectivity index (χ0v) is 33.8. The molecule has 0 aromatic heterocycles. The second-order valence-electron chi connectivity index (χ2n) is 8.77. The standard InChI is InChI=1S/C27H42N4O5.7CH4.2Rb/c1-20(22(3)32)8-5-6-13-29-27(35)30-14-7-15-36-19-26(34)31-18-24-11-9-23(10-12-24)17-25(33)16-21(2)28-4;;;;;;;;;/h9-12,16,20H,5-8,13-15,17-19H2,1-4H3,(H4,28,29,30,31,33,34,35);7*1H4;;/q;;;;;;;;2*+1/p-2. The van der Waals surface area contributed by atoms with E-state index in [1.165, 1.54) is 0 Å². The molecule has 0 aliphatic carbocycles. The van der Waals surface area contributed by atoms with Crippen molar-refractivity contribution >= 4 is 23.5 Å². The third-order valence-corrected chi connectivity index (χ3v) is 5.57. The van der Waals surface area contributed by atoms with Crippen molar-refractivity contribution in [3.8, 4) is 0 Å². The predicted octanol–water partition coefficient (Wildman–Crippen LogP) is 2.67. The summed E-state index contributed by atoms with van der Waals surface area (Å²) < 4.78 is 5.31. The Balaban J connectivity index is -0.000000206. The number of amides is 3. The van der Waals surface area contributed by atoms with Gasteiger partial charge in [0, 0.05) is 37.8 Å². The Morgan fingerprint density at radius 1 is 0.844 bits per heavy atom. The van der Waals surface area contributed by atoms with E-state index < -0.39 is 0 Å². The third-order valence-electron chi connectivity index (χ3n) is 5.57. The van der Waals surface area contributed by atoms with Crippen LogP contribution in [0.2, 0.25) is 0 Å². The van der Waals surface area contributed by atoms with Gasteiger partial charge in [-0.3, -0.25) is 14.4 Å². The smallest absolute Gasteiger partial charge is 0.648 e. The van der Waals surface area contributed by atoms with Gasteiger partial charge < -0.3 is 30.8 Å².